The van der Waals surface area contributed by atoms with Crippen LogP contribution < -0.4 is 26.0 Å². The molecular weight excluding hydrogens is 1110 g/mol. The number of hydrogen-bond donors (Lipinski definition) is 0. The molecule has 0 bridgehead atoms. The van der Waals surface area contributed by atoms with E-state index >= 15 is 0 Å². The van der Waals surface area contributed by atoms with Gasteiger partial charge in [-0.25, -0.2) is 0 Å². The molecule has 13 aromatic carbocycles. The van der Waals surface area contributed by atoms with E-state index in [2.05, 4.69) is 131 Å². The average Bonchev–Trinajstić information content (AvgIpc) is 0.808. The number of fused-ring (bicyclic) bond motifs is 16. The van der Waals surface area contributed by atoms with Gasteiger partial charge in [-0.05, 0) is 151 Å². The average molecular weight is 1200 g/mol. The summed E-state index contributed by atoms with van der Waals surface area (Å²) in [5.74, 6) is 1.10. The van der Waals surface area contributed by atoms with Crippen molar-refractivity contribution in [2.24, 2.45) is 0 Å². The lowest BCUT2D eigenvalue weighted by Gasteiger charge is -2.50. The first-order chi connectivity index (χ1) is 51.6. The number of benzene rings is 13. The molecule has 0 atom stereocenters. The van der Waals surface area contributed by atoms with E-state index in [1.807, 2.05) is 109 Å². The van der Waals surface area contributed by atoms with Gasteiger partial charge in [0.1, 0.15) is 11.5 Å². The lowest BCUT2D eigenvalue weighted by molar-refractivity contribution is 0.435. The van der Waals surface area contributed by atoms with Crippen molar-refractivity contribution in [1.82, 2.24) is 9.13 Å². The molecule has 0 saturated carbocycles. The van der Waals surface area contributed by atoms with Gasteiger partial charge in [-0.3, -0.25) is 0 Å². The van der Waals surface area contributed by atoms with E-state index in [1.165, 1.54) is 0 Å². The molecule has 438 valence electrons. The highest BCUT2D eigenvalue weighted by atomic mass is 16.5. The molecule has 0 aliphatic carbocycles. The van der Waals surface area contributed by atoms with Gasteiger partial charge < -0.3 is 18.8 Å². The number of anilines is 3. The van der Waals surface area contributed by atoms with Gasteiger partial charge in [-0.1, -0.05) is 253 Å². The number of hydrogen-bond acceptors (Lipinski definition) is 2. The van der Waals surface area contributed by atoms with Crippen molar-refractivity contribution in [3.05, 3.63) is 324 Å². The third kappa shape index (κ3) is 7.91. The molecule has 18 rings (SSSR count). The number of para-hydroxylation sites is 6. The Bertz CT molecular complexity index is 6260. The second-order valence-electron chi connectivity index (χ2n) is 26.4. The van der Waals surface area contributed by atoms with Gasteiger partial charge in [-0.2, -0.15) is 0 Å². The van der Waals surface area contributed by atoms with Crippen molar-refractivity contribution in [1.29, 1.82) is 0 Å². The minimum atomic E-state index is -1.39. The fourth-order valence-electron chi connectivity index (χ4n) is 15.0. The third-order valence-corrected chi connectivity index (χ3v) is 19.2. The zero-order chi connectivity index (χ0) is 75.7. The van der Waals surface area contributed by atoms with E-state index in [-0.39, 0.29) is 49.0 Å². The van der Waals surface area contributed by atoms with Crippen LogP contribution in [0.3, 0.4) is 0 Å². The van der Waals surface area contributed by atoms with Crippen molar-refractivity contribution in [3.8, 4) is 56.3 Å². The molecule has 4 nitrogen and oxygen atoms in total. The predicted molar refractivity (Wildman–Crippen MR) is 387 cm³/mol. The maximum atomic E-state index is 9.82. The molecule has 15 aromatic rings. The maximum absolute atomic E-state index is 9.82. The van der Waals surface area contributed by atoms with Crippen LogP contribution in [0.5, 0.6) is 11.5 Å². The minimum absolute atomic E-state index is 0.0452. The van der Waals surface area contributed by atoms with Gasteiger partial charge in [-0.15, -0.1) is 0 Å². The van der Waals surface area contributed by atoms with Crippen LogP contribution in [0.25, 0.3) is 88.4 Å². The Morgan fingerprint density at radius 2 is 0.826 bits per heavy atom. The van der Waals surface area contributed by atoms with Gasteiger partial charge in [0.05, 0.1) is 55.1 Å². The van der Waals surface area contributed by atoms with Crippen LogP contribution in [0.15, 0.2) is 291 Å². The molecule has 0 radical (unpaired) electrons. The second-order valence-corrected chi connectivity index (χ2v) is 26.4. The van der Waals surface area contributed by atoms with Gasteiger partial charge in [0.2, 0.25) is 6.71 Å². The first-order valence-corrected chi connectivity index (χ1v) is 31.1. The van der Waals surface area contributed by atoms with Crippen LogP contribution in [-0.4, -0.2) is 15.8 Å². The molecule has 5 heterocycles. The largest absolute Gasteiger partial charge is 0.457 e. The summed E-state index contributed by atoms with van der Waals surface area (Å²) < 4.78 is 161. The van der Waals surface area contributed by atoms with Gasteiger partial charge in [0, 0.05) is 66.5 Å². The number of rotatable bonds is 6. The maximum Gasteiger partial charge on any atom is 0.247 e. The predicted octanol–water partition coefficient (Wildman–Crippen LogP) is 20.6. The molecule has 3 aliphatic heterocycles. The fourth-order valence-corrected chi connectivity index (χ4v) is 15.0. The van der Waals surface area contributed by atoms with E-state index in [1.54, 1.807) is 9.13 Å². The molecule has 0 saturated heterocycles. The summed E-state index contributed by atoms with van der Waals surface area (Å²) in [5.41, 5.74) is 13.4. The highest BCUT2D eigenvalue weighted by Crippen LogP contribution is 2.59. The SMILES string of the molecule is [2H]c1c([2H])c([2H])c2c(c1[2H])c1c([2H])c([2H])c([2H])c([2H])c1n2-c1ccc2c(c1)N(c1c(-c3ccccc3)cc(C(C)(C)C)cc1-c1ccccc1)c1cc(-c3ccc(C(C)(C)C)cc3)cc3c1B2c1ccc(-n2c4c([2H])c([2H])c([2H])c([2H])c4c4c([2H])c([2H])c([2H])c([2H])c42)cc1C31c2ccccc2Oc2ccccc21. The normalized spacial score (nSPS) is 16.1. The van der Waals surface area contributed by atoms with E-state index in [0.717, 1.165) is 89.0 Å². The fraction of sp³-hybridized carbons (Fsp3) is 0.103. The molecule has 0 amide bonds. The molecule has 0 fully saturated rings. The summed E-state index contributed by atoms with van der Waals surface area (Å²) in [6, 6.07) is 57.7. The lowest BCUT2D eigenvalue weighted by Crippen LogP contribution is -2.65. The smallest absolute Gasteiger partial charge is 0.247 e. The van der Waals surface area contributed by atoms with E-state index in [0.29, 0.717) is 34.1 Å². The quantitative estimate of drug-likeness (QED) is 0.155. The van der Waals surface area contributed by atoms with Crippen LogP contribution in [0.2, 0.25) is 0 Å². The first kappa shape index (κ1) is 40.0. The standard InChI is InChI=1S/C87H66BN3O/c1-85(2,3)59-43-41-55(42-44-59)58-49-72-83-80(50-58)91(84-67(56-25-9-7-10-26-56)51-60(86(4,5)6)52-68(84)57-27-11-8-12-28-57)79-54-62(90-77-37-21-15-31-65(77)66-32-16-22-38-78(66)90)46-48-74(79)88(83)73-47-45-61(89-75-35-19-13-29-63(75)64-30-14-20-36-76(64)89)53-71(73)87(72)69-33-17-23-39-81(69)92-82-40-24-18-34-70(82)87/h7-54H,1-6H3/i13D,14D,15D,16D,19D,20D,21D,22D,29D,30D,31D,32D,35D,36D,37D,38D. The summed E-state index contributed by atoms with van der Waals surface area (Å²) in [7, 11) is 0. The second kappa shape index (κ2) is 20.1. The zero-order valence-electron chi connectivity index (χ0n) is 67.3. The monoisotopic (exact) mass is 1200 g/mol. The first-order valence-electron chi connectivity index (χ1n) is 39.1. The Labute approximate surface area is 560 Å². The van der Waals surface area contributed by atoms with Crippen molar-refractivity contribution < 1.29 is 26.7 Å². The van der Waals surface area contributed by atoms with E-state index < -0.39 is 114 Å². The zero-order valence-corrected chi connectivity index (χ0v) is 51.3. The van der Waals surface area contributed by atoms with E-state index in [9.17, 15) is 16.4 Å². The Balaban J connectivity index is 1.08. The molecule has 3 aliphatic rings. The Hall–Kier alpha value is -10.9. The third-order valence-electron chi connectivity index (χ3n) is 19.2. The lowest BCUT2D eigenvalue weighted by atomic mass is 9.29. The van der Waals surface area contributed by atoms with Crippen LogP contribution in [0, 0.1) is 0 Å². The number of ether oxygens (including phenoxy) is 1. The topological polar surface area (TPSA) is 22.3 Å². The van der Waals surface area contributed by atoms with Crippen LogP contribution >= 0.6 is 0 Å². The summed E-state index contributed by atoms with van der Waals surface area (Å²) in [6.45, 7) is 12.4. The highest BCUT2D eigenvalue weighted by Gasteiger charge is 2.55. The molecule has 92 heavy (non-hydrogen) atoms. The number of aromatic nitrogens is 2. The Morgan fingerprint density at radius 1 is 0.370 bits per heavy atom. The van der Waals surface area contributed by atoms with Gasteiger partial charge in [0.15, 0.2) is 0 Å². The summed E-state index contributed by atoms with van der Waals surface area (Å²) in [4.78, 5) is 2.33. The molecule has 0 N–H and O–H groups in total. The summed E-state index contributed by atoms with van der Waals surface area (Å²) in [6.07, 6.45) is 0. The Kier molecular flexibility index (Phi) is 8.72. The summed E-state index contributed by atoms with van der Waals surface area (Å²) >= 11 is 0. The highest BCUT2D eigenvalue weighted by molar-refractivity contribution is 6.99. The van der Waals surface area contributed by atoms with Crippen LogP contribution in [0.1, 0.15) is 96.9 Å². The molecule has 5 heteroatoms. The molecule has 1 spiro atoms. The number of nitrogens with zero attached hydrogens (tertiary/aromatic N) is 3. The van der Waals surface area contributed by atoms with Crippen molar-refractivity contribution in [2.75, 3.05) is 4.90 Å². The molecule has 2 aromatic heterocycles. The van der Waals surface area contributed by atoms with E-state index in [4.69, 9.17) is 10.2 Å². The van der Waals surface area contributed by atoms with Crippen LogP contribution in [0.4, 0.5) is 17.1 Å². The van der Waals surface area contributed by atoms with Gasteiger partial charge in [0.25, 0.3) is 0 Å². The molecular formula is C87H66BN3O. The van der Waals surface area contributed by atoms with Crippen molar-refractivity contribution in [2.45, 2.75) is 57.8 Å². The molecule has 0 unspecified atom stereocenters. The minimum Gasteiger partial charge on any atom is -0.457 e. The van der Waals surface area contributed by atoms with Gasteiger partial charge >= 0.3 is 0 Å². The van der Waals surface area contributed by atoms with Crippen LogP contribution in [-0.2, 0) is 16.2 Å². The van der Waals surface area contributed by atoms with Crippen molar-refractivity contribution in [3.63, 3.8) is 0 Å². The van der Waals surface area contributed by atoms with Crippen molar-refractivity contribution >= 4 is 83.8 Å². The Morgan fingerprint density at radius 3 is 1.33 bits per heavy atom. The summed E-state index contributed by atoms with van der Waals surface area (Å²) in [5, 5.41) is -0.278.